The van der Waals surface area contributed by atoms with Crippen molar-refractivity contribution in [2.24, 2.45) is 5.10 Å². The third-order valence-electron chi connectivity index (χ3n) is 3.78. The second-order valence-corrected chi connectivity index (χ2v) is 5.62. The van der Waals surface area contributed by atoms with E-state index in [2.05, 4.69) is 25.5 Å². The zero-order valence-electron chi connectivity index (χ0n) is 16.5. The van der Waals surface area contributed by atoms with Gasteiger partial charge in [-0.05, 0) is 24.3 Å². The fourth-order valence-corrected chi connectivity index (χ4v) is 2.37. The first-order chi connectivity index (χ1) is 14.6. The standard InChI is InChI=1S/C20H19N5O5/c1-27-15-8-5-4-7-13(15)19(26)25-22-12-14-16(9-6-10-21-14)30-20-23-17(28-2)11-18(24-20)29-3/h4-12H,1-3H3,(H,25,26). The smallest absolute Gasteiger partial charge is 0.328 e. The van der Waals surface area contributed by atoms with Gasteiger partial charge in [0.05, 0.1) is 39.2 Å². The van der Waals surface area contributed by atoms with E-state index in [1.165, 1.54) is 33.6 Å². The van der Waals surface area contributed by atoms with E-state index < -0.39 is 5.91 Å². The Bertz CT molecular complexity index is 1040. The molecule has 0 bridgehead atoms. The van der Waals surface area contributed by atoms with Crippen LogP contribution in [0.3, 0.4) is 0 Å². The molecule has 0 radical (unpaired) electrons. The van der Waals surface area contributed by atoms with Crippen molar-refractivity contribution in [3.8, 4) is 29.3 Å². The van der Waals surface area contributed by atoms with Crippen molar-refractivity contribution in [3.63, 3.8) is 0 Å². The van der Waals surface area contributed by atoms with E-state index in [-0.39, 0.29) is 17.8 Å². The van der Waals surface area contributed by atoms with Crippen LogP contribution in [0.25, 0.3) is 0 Å². The van der Waals surface area contributed by atoms with Gasteiger partial charge >= 0.3 is 6.01 Å². The van der Waals surface area contributed by atoms with Gasteiger partial charge in [0.25, 0.3) is 5.91 Å². The fourth-order valence-electron chi connectivity index (χ4n) is 2.37. The molecule has 0 saturated heterocycles. The molecule has 1 N–H and O–H groups in total. The molecule has 1 amide bonds. The molecule has 0 unspecified atom stereocenters. The molecule has 2 heterocycles. The molecule has 0 fully saturated rings. The number of nitrogens with one attached hydrogen (secondary N) is 1. The van der Waals surface area contributed by atoms with Gasteiger partial charge in [-0.2, -0.15) is 15.1 Å². The highest BCUT2D eigenvalue weighted by Gasteiger charge is 2.12. The quantitative estimate of drug-likeness (QED) is 0.445. The number of carbonyl (C=O) groups excluding carboxylic acids is 1. The number of para-hydroxylation sites is 1. The number of hydrogen-bond donors (Lipinski definition) is 1. The van der Waals surface area contributed by atoms with E-state index in [1.54, 1.807) is 42.6 Å². The van der Waals surface area contributed by atoms with Gasteiger partial charge in [0.15, 0.2) is 5.75 Å². The van der Waals surface area contributed by atoms with Crippen molar-refractivity contribution >= 4 is 12.1 Å². The van der Waals surface area contributed by atoms with Gasteiger partial charge in [0.2, 0.25) is 11.8 Å². The molecular formula is C20H19N5O5. The number of aromatic nitrogens is 3. The highest BCUT2D eigenvalue weighted by Crippen LogP contribution is 2.24. The molecule has 0 spiro atoms. The van der Waals surface area contributed by atoms with Gasteiger partial charge in [-0.15, -0.1) is 0 Å². The summed E-state index contributed by atoms with van der Waals surface area (Å²) >= 11 is 0. The van der Waals surface area contributed by atoms with Crippen LogP contribution >= 0.6 is 0 Å². The Balaban J connectivity index is 1.76. The zero-order chi connectivity index (χ0) is 21.3. The minimum atomic E-state index is -0.428. The van der Waals surface area contributed by atoms with Crippen molar-refractivity contribution in [2.75, 3.05) is 21.3 Å². The monoisotopic (exact) mass is 409 g/mol. The predicted molar refractivity (Wildman–Crippen MR) is 108 cm³/mol. The highest BCUT2D eigenvalue weighted by molar-refractivity contribution is 5.97. The van der Waals surface area contributed by atoms with Gasteiger partial charge < -0.3 is 18.9 Å². The number of hydrazone groups is 1. The molecule has 0 aliphatic heterocycles. The van der Waals surface area contributed by atoms with Crippen molar-refractivity contribution in [1.29, 1.82) is 0 Å². The largest absolute Gasteiger partial charge is 0.496 e. The van der Waals surface area contributed by atoms with Crippen LogP contribution < -0.4 is 24.4 Å². The van der Waals surface area contributed by atoms with Crippen molar-refractivity contribution in [3.05, 3.63) is 59.9 Å². The lowest BCUT2D eigenvalue weighted by atomic mass is 10.2. The molecule has 10 heteroatoms. The summed E-state index contributed by atoms with van der Waals surface area (Å²) in [5.41, 5.74) is 3.14. The molecule has 0 aliphatic carbocycles. The van der Waals surface area contributed by atoms with Gasteiger partial charge in [0.1, 0.15) is 11.4 Å². The summed E-state index contributed by atoms with van der Waals surface area (Å²) in [6, 6.07) is 11.7. The van der Waals surface area contributed by atoms with Crippen molar-refractivity contribution < 1.29 is 23.7 Å². The lowest BCUT2D eigenvalue weighted by Gasteiger charge is -2.09. The first-order valence-electron chi connectivity index (χ1n) is 8.71. The van der Waals surface area contributed by atoms with Crippen LogP contribution in [0.15, 0.2) is 53.8 Å². The van der Waals surface area contributed by atoms with Crippen LogP contribution in [0, 0.1) is 0 Å². The van der Waals surface area contributed by atoms with Crippen molar-refractivity contribution in [1.82, 2.24) is 20.4 Å². The molecule has 154 valence electrons. The Morgan fingerprint density at radius 2 is 1.67 bits per heavy atom. The average Bonchev–Trinajstić information content (AvgIpc) is 2.79. The summed E-state index contributed by atoms with van der Waals surface area (Å²) in [5, 5.41) is 3.95. The van der Waals surface area contributed by atoms with E-state index in [0.717, 1.165) is 0 Å². The molecule has 0 saturated carbocycles. The molecule has 30 heavy (non-hydrogen) atoms. The molecule has 1 aromatic carbocycles. The minimum absolute atomic E-state index is 0.00640. The second kappa shape index (κ2) is 9.82. The summed E-state index contributed by atoms with van der Waals surface area (Å²) in [5.74, 6) is 0.891. The normalized spacial score (nSPS) is 10.5. The van der Waals surface area contributed by atoms with Crippen LogP contribution in [0.4, 0.5) is 0 Å². The summed E-state index contributed by atoms with van der Waals surface area (Å²) < 4.78 is 21.1. The van der Waals surface area contributed by atoms with Crippen LogP contribution in [0.1, 0.15) is 16.1 Å². The summed E-state index contributed by atoms with van der Waals surface area (Å²) in [4.78, 5) is 24.7. The second-order valence-electron chi connectivity index (χ2n) is 5.62. The molecule has 10 nitrogen and oxygen atoms in total. The summed E-state index contributed by atoms with van der Waals surface area (Å²) in [7, 11) is 4.43. The predicted octanol–water partition coefficient (Wildman–Crippen LogP) is 2.45. The Hall–Kier alpha value is -4.21. The zero-order valence-corrected chi connectivity index (χ0v) is 16.5. The first-order valence-corrected chi connectivity index (χ1v) is 8.71. The number of hydrogen-bond acceptors (Lipinski definition) is 9. The number of methoxy groups -OCH3 is 3. The molecule has 0 aliphatic rings. The SMILES string of the molecule is COc1cc(OC)nc(Oc2cccnc2C=NNC(=O)c2ccccc2OC)n1. The van der Waals surface area contributed by atoms with Gasteiger partial charge in [-0.1, -0.05) is 12.1 Å². The van der Waals surface area contributed by atoms with E-state index >= 15 is 0 Å². The fraction of sp³-hybridized carbons (Fsp3) is 0.150. The maximum Gasteiger partial charge on any atom is 0.328 e. The third kappa shape index (κ3) is 4.98. The van der Waals surface area contributed by atoms with E-state index in [0.29, 0.717) is 22.8 Å². The Kier molecular flexibility index (Phi) is 6.72. The lowest BCUT2D eigenvalue weighted by Crippen LogP contribution is -2.18. The van der Waals surface area contributed by atoms with Gasteiger partial charge in [-0.3, -0.25) is 9.78 Å². The molecule has 3 aromatic rings. The number of amides is 1. The lowest BCUT2D eigenvalue weighted by molar-refractivity contribution is 0.0952. The van der Waals surface area contributed by atoms with Gasteiger partial charge in [0, 0.05) is 6.20 Å². The Morgan fingerprint density at radius 3 is 2.37 bits per heavy atom. The van der Waals surface area contributed by atoms with E-state index in [1.807, 2.05) is 0 Å². The van der Waals surface area contributed by atoms with E-state index in [9.17, 15) is 4.79 Å². The maximum absolute atomic E-state index is 12.3. The molecule has 0 atom stereocenters. The van der Waals surface area contributed by atoms with Crippen LogP contribution in [-0.4, -0.2) is 48.4 Å². The number of benzene rings is 1. The number of pyridine rings is 1. The highest BCUT2D eigenvalue weighted by atomic mass is 16.5. The number of rotatable bonds is 8. The Labute approximate surface area is 172 Å². The third-order valence-corrected chi connectivity index (χ3v) is 3.78. The topological polar surface area (TPSA) is 117 Å². The minimum Gasteiger partial charge on any atom is -0.496 e. The Morgan fingerprint density at radius 1 is 0.967 bits per heavy atom. The number of carbonyl (C=O) groups is 1. The van der Waals surface area contributed by atoms with Crippen LogP contribution in [0.2, 0.25) is 0 Å². The van der Waals surface area contributed by atoms with Gasteiger partial charge in [-0.25, -0.2) is 5.43 Å². The molecule has 2 aromatic heterocycles. The van der Waals surface area contributed by atoms with E-state index in [4.69, 9.17) is 18.9 Å². The molecular weight excluding hydrogens is 390 g/mol. The number of nitrogens with zero attached hydrogens (tertiary/aromatic N) is 4. The summed E-state index contributed by atoms with van der Waals surface area (Å²) in [6.45, 7) is 0. The molecule has 3 rings (SSSR count). The maximum atomic E-state index is 12.3. The van der Waals surface area contributed by atoms with Crippen LogP contribution in [-0.2, 0) is 0 Å². The summed E-state index contributed by atoms with van der Waals surface area (Å²) in [6.07, 6.45) is 2.91. The van der Waals surface area contributed by atoms with Crippen molar-refractivity contribution in [2.45, 2.75) is 0 Å². The first kappa shape index (κ1) is 20.5. The number of ether oxygens (including phenoxy) is 4. The average molecular weight is 409 g/mol. The van der Waals surface area contributed by atoms with Crippen LogP contribution in [0.5, 0.6) is 29.3 Å².